The number of rotatable bonds is 4. The van der Waals surface area contributed by atoms with E-state index >= 15 is 0 Å². The van der Waals surface area contributed by atoms with Crippen molar-refractivity contribution in [1.29, 1.82) is 0 Å². The van der Waals surface area contributed by atoms with E-state index in [1.807, 2.05) is 0 Å². The number of benzene rings is 1. The molecule has 0 unspecified atom stereocenters. The molecule has 0 spiro atoms. The molecule has 1 aromatic heterocycles. The maximum absolute atomic E-state index is 11.1. The maximum atomic E-state index is 11.1. The van der Waals surface area contributed by atoms with E-state index < -0.39 is 10.8 Å². The summed E-state index contributed by atoms with van der Waals surface area (Å²) in [6, 6.07) is 7.73. The number of carbonyl (C=O) groups excluding carboxylic acids is 1. The minimum atomic E-state index is -0.706. The van der Waals surface area contributed by atoms with Crippen molar-refractivity contribution in [2.24, 2.45) is 0 Å². The first-order valence-electron chi connectivity index (χ1n) is 5.67. The minimum Gasteiger partial charge on any atom is -0.456 e. The summed E-state index contributed by atoms with van der Waals surface area (Å²) in [5.41, 5.74) is 1.68. The molecule has 0 aliphatic heterocycles. The van der Waals surface area contributed by atoms with E-state index in [0.717, 1.165) is 6.08 Å². The predicted molar refractivity (Wildman–Crippen MR) is 77.5 cm³/mol. The molecule has 0 saturated carbocycles. The molecule has 0 bridgehead atoms. The first-order chi connectivity index (χ1) is 10.0. The first-order valence-corrected chi connectivity index (χ1v) is 6.47. The minimum absolute atomic E-state index is 0.0950. The van der Waals surface area contributed by atoms with Gasteiger partial charge >= 0.3 is 0 Å². The van der Waals surface area contributed by atoms with Gasteiger partial charge in [-0.1, -0.05) is 15.9 Å². The van der Waals surface area contributed by atoms with Gasteiger partial charge in [-0.15, -0.1) is 0 Å². The normalized spacial score (nSPS) is 10.8. The molecule has 1 aromatic carbocycles. The molecular formula is C13H9BrN2O5. The topological polar surface area (TPSA) is 106 Å². The van der Waals surface area contributed by atoms with Crippen LogP contribution in [0, 0.1) is 10.1 Å². The monoisotopic (exact) mass is 352 g/mol. The molecule has 2 rings (SSSR count). The number of carbonyl (C=O) groups is 1. The van der Waals surface area contributed by atoms with Gasteiger partial charge < -0.3 is 4.42 Å². The highest BCUT2D eigenvalue weighted by atomic mass is 79.9. The Hall–Kier alpha value is -2.45. The number of hydroxylamine groups is 1. The first kappa shape index (κ1) is 14.9. The second-order valence-corrected chi connectivity index (χ2v) is 4.85. The second kappa shape index (κ2) is 6.33. The number of amides is 1. The average molecular weight is 353 g/mol. The van der Waals surface area contributed by atoms with Crippen LogP contribution in [0.1, 0.15) is 5.76 Å². The Morgan fingerprint density at radius 1 is 1.38 bits per heavy atom. The number of nitro groups is 1. The molecule has 0 radical (unpaired) electrons. The van der Waals surface area contributed by atoms with Crippen LogP contribution < -0.4 is 5.48 Å². The summed E-state index contributed by atoms with van der Waals surface area (Å²) >= 11 is 3.18. The van der Waals surface area contributed by atoms with Crippen molar-refractivity contribution in [3.8, 4) is 11.3 Å². The van der Waals surface area contributed by atoms with Crippen molar-refractivity contribution in [1.82, 2.24) is 5.48 Å². The summed E-state index contributed by atoms with van der Waals surface area (Å²) in [7, 11) is 0. The third-order valence-electron chi connectivity index (χ3n) is 2.56. The molecule has 2 N–H and O–H groups in total. The predicted octanol–water partition coefficient (Wildman–Crippen LogP) is 3.14. The molecular weight excluding hydrogens is 344 g/mol. The number of nitro benzene ring substituents is 1. The van der Waals surface area contributed by atoms with Crippen molar-refractivity contribution in [3.63, 3.8) is 0 Å². The van der Waals surface area contributed by atoms with Crippen molar-refractivity contribution in [3.05, 3.63) is 56.8 Å². The summed E-state index contributed by atoms with van der Waals surface area (Å²) < 4.78 is 6.01. The van der Waals surface area contributed by atoms with Crippen molar-refractivity contribution < 1.29 is 19.3 Å². The van der Waals surface area contributed by atoms with Crippen LogP contribution in [0.25, 0.3) is 17.4 Å². The highest BCUT2D eigenvalue weighted by molar-refractivity contribution is 9.10. The SMILES string of the molecule is O=C(/C=C/c1ccc(-c2ccc(Br)cc2[N+](=O)[O-])o1)NO. The number of nitrogens with zero attached hydrogens (tertiary/aromatic N) is 1. The molecule has 1 amide bonds. The number of hydrogen-bond acceptors (Lipinski definition) is 5. The third-order valence-corrected chi connectivity index (χ3v) is 3.05. The Bertz CT molecular complexity index is 723. The van der Waals surface area contributed by atoms with Gasteiger partial charge in [0.15, 0.2) is 0 Å². The Kier molecular flexibility index (Phi) is 4.51. The Morgan fingerprint density at radius 3 is 2.81 bits per heavy atom. The molecule has 21 heavy (non-hydrogen) atoms. The van der Waals surface area contributed by atoms with E-state index in [2.05, 4.69) is 15.9 Å². The van der Waals surface area contributed by atoms with Gasteiger partial charge in [-0.2, -0.15) is 0 Å². The van der Waals surface area contributed by atoms with Crippen LogP contribution in [0.3, 0.4) is 0 Å². The lowest BCUT2D eigenvalue weighted by Crippen LogP contribution is -2.14. The molecule has 8 heteroatoms. The quantitative estimate of drug-likeness (QED) is 0.380. The van der Waals surface area contributed by atoms with Crippen LogP contribution in [0.4, 0.5) is 5.69 Å². The fourth-order valence-corrected chi connectivity index (χ4v) is 2.00. The molecule has 1 heterocycles. The van der Waals surface area contributed by atoms with Crippen LogP contribution >= 0.6 is 15.9 Å². The van der Waals surface area contributed by atoms with Crippen LogP contribution in [0.5, 0.6) is 0 Å². The Balaban J connectivity index is 2.36. The van der Waals surface area contributed by atoms with Crippen LogP contribution in [-0.4, -0.2) is 16.0 Å². The highest BCUT2D eigenvalue weighted by Crippen LogP contribution is 2.33. The van der Waals surface area contributed by atoms with Gasteiger partial charge in [0.1, 0.15) is 11.5 Å². The third kappa shape index (κ3) is 3.56. The van der Waals surface area contributed by atoms with Crippen molar-refractivity contribution in [2.75, 3.05) is 0 Å². The molecule has 0 aliphatic rings. The van der Waals surface area contributed by atoms with Crippen LogP contribution in [0.2, 0.25) is 0 Å². The maximum Gasteiger partial charge on any atom is 0.281 e. The summed E-state index contributed by atoms with van der Waals surface area (Å²) in [6.45, 7) is 0. The van der Waals surface area contributed by atoms with Gasteiger partial charge in [0.05, 0.1) is 10.5 Å². The summed E-state index contributed by atoms with van der Waals surface area (Å²) in [5, 5.41) is 19.4. The molecule has 0 aliphatic carbocycles. The van der Waals surface area contributed by atoms with E-state index in [4.69, 9.17) is 9.62 Å². The standard InChI is InChI=1S/C13H9BrN2O5/c14-8-1-4-10(11(7-8)16(19)20)12-5-2-9(21-12)3-6-13(17)15-18/h1-7,18H,(H,15,17)/b6-3+. The molecule has 2 aromatic rings. The lowest BCUT2D eigenvalue weighted by Gasteiger charge is -2.00. The summed E-state index contributed by atoms with van der Waals surface area (Å²) in [6.07, 6.45) is 2.40. The smallest absolute Gasteiger partial charge is 0.281 e. The number of furan rings is 1. The van der Waals surface area contributed by atoms with E-state index in [0.29, 0.717) is 21.6 Å². The van der Waals surface area contributed by atoms with Crippen molar-refractivity contribution in [2.45, 2.75) is 0 Å². The van der Waals surface area contributed by atoms with E-state index in [9.17, 15) is 14.9 Å². The van der Waals surface area contributed by atoms with Gasteiger partial charge in [-0.3, -0.25) is 20.1 Å². The van der Waals surface area contributed by atoms with Gasteiger partial charge in [-0.25, -0.2) is 5.48 Å². The van der Waals surface area contributed by atoms with Gasteiger partial charge in [0.2, 0.25) is 0 Å². The zero-order valence-electron chi connectivity index (χ0n) is 10.4. The van der Waals surface area contributed by atoms with E-state index in [1.165, 1.54) is 17.6 Å². The van der Waals surface area contributed by atoms with E-state index in [1.54, 1.807) is 24.3 Å². The Morgan fingerprint density at radius 2 is 2.14 bits per heavy atom. The fraction of sp³-hybridized carbons (Fsp3) is 0. The van der Waals surface area contributed by atoms with Crippen LogP contribution in [0.15, 0.2) is 45.3 Å². The zero-order valence-corrected chi connectivity index (χ0v) is 12.0. The van der Waals surface area contributed by atoms with E-state index in [-0.39, 0.29) is 5.69 Å². The number of nitrogens with one attached hydrogen (secondary N) is 1. The fourth-order valence-electron chi connectivity index (χ4n) is 1.65. The number of halogens is 1. The summed E-state index contributed by atoms with van der Waals surface area (Å²) in [5.74, 6) is -0.0772. The lowest BCUT2D eigenvalue weighted by atomic mass is 10.1. The van der Waals surface area contributed by atoms with Crippen molar-refractivity contribution >= 4 is 33.6 Å². The molecule has 0 atom stereocenters. The van der Waals surface area contributed by atoms with Crippen LogP contribution in [-0.2, 0) is 4.79 Å². The Labute approximate surface area is 127 Å². The average Bonchev–Trinajstić information content (AvgIpc) is 2.93. The lowest BCUT2D eigenvalue weighted by molar-refractivity contribution is -0.384. The second-order valence-electron chi connectivity index (χ2n) is 3.93. The highest BCUT2D eigenvalue weighted by Gasteiger charge is 2.18. The number of hydrogen-bond donors (Lipinski definition) is 2. The molecule has 108 valence electrons. The van der Waals surface area contributed by atoms with Gasteiger partial charge in [0.25, 0.3) is 11.6 Å². The molecule has 0 fully saturated rings. The van der Waals surface area contributed by atoms with Gasteiger partial charge in [-0.05, 0) is 30.3 Å². The molecule has 0 saturated heterocycles. The molecule has 7 nitrogen and oxygen atoms in total. The van der Waals surface area contributed by atoms with Gasteiger partial charge in [0, 0.05) is 16.6 Å². The largest absolute Gasteiger partial charge is 0.456 e. The summed E-state index contributed by atoms with van der Waals surface area (Å²) in [4.78, 5) is 21.4. The zero-order chi connectivity index (χ0) is 15.4.